The Labute approximate surface area is 218 Å². The van der Waals surface area contributed by atoms with Crippen molar-refractivity contribution in [2.75, 3.05) is 31.5 Å². The Balaban J connectivity index is 1.26. The van der Waals surface area contributed by atoms with E-state index in [-0.39, 0.29) is 29.5 Å². The predicted octanol–water partition coefficient (Wildman–Crippen LogP) is 5.94. The summed E-state index contributed by atoms with van der Waals surface area (Å²) >= 11 is 0. The first kappa shape index (κ1) is 25.0. The number of amides is 3. The molecule has 2 fully saturated rings. The highest BCUT2D eigenvalue weighted by Crippen LogP contribution is 2.33. The fourth-order valence-electron chi connectivity index (χ4n) is 5.73. The fraction of sp³-hybridized carbons (Fsp3) is 0.355. The molecular formula is C31H34FN3O2. The average Bonchev–Trinajstić information content (AvgIpc) is 2.95. The van der Waals surface area contributed by atoms with Crippen molar-refractivity contribution in [3.05, 3.63) is 102 Å². The van der Waals surface area contributed by atoms with E-state index in [0.717, 1.165) is 37.9 Å². The van der Waals surface area contributed by atoms with Crippen molar-refractivity contribution in [1.82, 2.24) is 9.80 Å². The van der Waals surface area contributed by atoms with E-state index in [4.69, 9.17) is 0 Å². The van der Waals surface area contributed by atoms with E-state index >= 15 is 0 Å². The lowest BCUT2D eigenvalue weighted by Gasteiger charge is -2.40. The summed E-state index contributed by atoms with van der Waals surface area (Å²) < 4.78 is 14.2. The molecule has 5 nitrogen and oxygen atoms in total. The van der Waals surface area contributed by atoms with Crippen LogP contribution in [0.1, 0.15) is 36.3 Å². The molecule has 2 aliphatic heterocycles. The second kappa shape index (κ2) is 11.6. The Morgan fingerprint density at radius 3 is 2.16 bits per heavy atom. The number of nitrogens with zero attached hydrogens (tertiary/aromatic N) is 2. The minimum atomic E-state index is -0.474. The number of nitrogens with one attached hydrogen (secondary N) is 1. The molecule has 3 aromatic carbocycles. The summed E-state index contributed by atoms with van der Waals surface area (Å²) in [6.45, 7) is 2.34. The number of anilines is 1. The molecule has 5 rings (SSSR count). The highest BCUT2D eigenvalue weighted by molar-refractivity contribution is 5.90. The first-order chi connectivity index (χ1) is 18.1. The van der Waals surface area contributed by atoms with Gasteiger partial charge in [-0.05, 0) is 54.9 Å². The van der Waals surface area contributed by atoms with Gasteiger partial charge in [-0.15, -0.1) is 0 Å². The molecule has 3 amide bonds. The number of carbonyl (C=O) groups is 2. The van der Waals surface area contributed by atoms with Crippen molar-refractivity contribution in [3.8, 4) is 0 Å². The third-order valence-corrected chi connectivity index (χ3v) is 7.77. The lowest BCUT2D eigenvalue weighted by Crippen LogP contribution is -2.51. The van der Waals surface area contributed by atoms with Crippen LogP contribution in [0, 0.1) is 17.7 Å². The summed E-state index contributed by atoms with van der Waals surface area (Å²) in [6.07, 6.45) is 3.74. The van der Waals surface area contributed by atoms with Crippen molar-refractivity contribution in [1.29, 1.82) is 0 Å². The first-order valence-corrected chi connectivity index (χ1v) is 13.2. The van der Waals surface area contributed by atoms with Crippen LogP contribution >= 0.6 is 0 Å². The summed E-state index contributed by atoms with van der Waals surface area (Å²) in [4.78, 5) is 30.5. The number of urea groups is 1. The Bertz CT molecular complexity index is 1200. The molecule has 0 saturated carbocycles. The Morgan fingerprint density at radius 2 is 1.46 bits per heavy atom. The van der Waals surface area contributed by atoms with Crippen molar-refractivity contribution in [2.45, 2.75) is 31.6 Å². The van der Waals surface area contributed by atoms with Crippen molar-refractivity contribution >= 4 is 17.6 Å². The number of likely N-dealkylation sites (tertiary alicyclic amines) is 2. The van der Waals surface area contributed by atoms with Crippen molar-refractivity contribution in [2.24, 2.45) is 11.8 Å². The van der Waals surface area contributed by atoms with Gasteiger partial charge >= 0.3 is 6.03 Å². The molecule has 0 bridgehead atoms. The number of benzene rings is 3. The number of rotatable bonds is 5. The van der Waals surface area contributed by atoms with Gasteiger partial charge in [-0.2, -0.15) is 0 Å². The van der Waals surface area contributed by atoms with Crippen LogP contribution in [0.4, 0.5) is 14.9 Å². The Morgan fingerprint density at radius 1 is 0.811 bits per heavy atom. The molecule has 0 aliphatic carbocycles. The van der Waals surface area contributed by atoms with Crippen LogP contribution in [0.2, 0.25) is 0 Å². The Kier molecular flexibility index (Phi) is 7.83. The van der Waals surface area contributed by atoms with Gasteiger partial charge in [-0.25, -0.2) is 9.18 Å². The second-order valence-electron chi connectivity index (χ2n) is 10.3. The molecule has 2 unspecified atom stereocenters. The second-order valence-corrected chi connectivity index (χ2v) is 10.3. The maximum absolute atomic E-state index is 14.2. The number of hydrogen-bond donors (Lipinski definition) is 1. The number of carbonyl (C=O) groups excluding carboxylic acids is 2. The predicted molar refractivity (Wildman–Crippen MR) is 144 cm³/mol. The van der Waals surface area contributed by atoms with Gasteiger partial charge in [0.05, 0.1) is 11.6 Å². The molecule has 0 radical (unpaired) electrons. The lowest BCUT2D eigenvalue weighted by atomic mass is 9.83. The van der Waals surface area contributed by atoms with Gasteiger partial charge < -0.3 is 15.1 Å². The van der Waals surface area contributed by atoms with Crippen LogP contribution < -0.4 is 5.32 Å². The number of hydrogen-bond acceptors (Lipinski definition) is 2. The van der Waals surface area contributed by atoms with E-state index in [1.165, 1.54) is 11.6 Å². The minimum Gasteiger partial charge on any atom is -0.342 e. The van der Waals surface area contributed by atoms with Gasteiger partial charge in [0.1, 0.15) is 5.82 Å². The van der Waals surface area contributed by atoms with Gasteiger partial charge in [0.15, 0.2) is 0 Å². The molecule has 0 spiro atoms. The maximum Gasteiger partial charge on any atom is 0.321 e. The molecule has 6 heteroatoms. The van der Waals surface area contributed by atoms with Crippen LogP contribution in [0.25, 0.3) is 0 Å². The molecule has 2 saturated heterocycles. The van der Waals surface area contributed by atoms with Crippen LogP contribution in [-0.4, -0.2) is 47.9 Å². The molecule has 192 valence electrons. The smallest absolute Gasteiger partial charge is 0.321 e. The van der Waals surface area contributed by atoms with Crippen LogP contribution in [0.3, 0.4) is 0 Å². The largest absolute Gasteiger partial charge is 0.342 e. The number of piperidine rings is 2. The first-order valence-electron chi connectivity index (χ1n) is 13.2. The van der Waals surface area contributed by atoms with Crippen molar-refractivity contribution in [3.63, 3.8) is 0 Å². The fourth-order valence-corrected chi connectivity index (χ4v) is 5.73. The quantitative estimate of drug-likeness (QED) is 0.472. The summed E-state index contributed by atoms with van der Waals surface area (Å²) in [5, 5.41) is 2.71. The molecule has 2 heterocycles. The third kappa shape index (κ3) is 6.19. The normalized spacial score (nSPS) is 20.5. The molecule has 0 aromatic heterocycles. The maximum atomic E-state index is 14.2. The van der Waals surface area contributed by atoms with E-state index in [0.29, 0.717) is 25.4 Å². The van der Waals surface area contributed by atoms with E-state index in [1.54, 1.807) is 23.1 Å². The molecular weight excluding hydrogens is 465 g/mol. The summed E-state index contributed by atoms with van der Waals surface area (Å²) in [6, 6.07) is 26.4. The van der Waals surface area contributed by atoms with E-state index in [2.05, 4.69) is 41.7 Å². The summed E-state index contributed by atoms with van der Waals surface area (Å²) in [5.74, 6) is 0.000704. The molecule has 1 N–H and O–H groups in total. The zero-order valence-electron chi connectivity index (χ0n) is 21.1. The zero-order valence-corrected chi connectivity index (χ0v) is 21.1. The number of halogens is 1. The lowest BCUT2D eigenvalue weighted by molar-refractivity contribution is -0.138. The van der Waals surface area contributed by atoms with Crippen LogP contribution in [0.15, 0.2) is 84.9 Å². The molecule has 3 aromatic rings. The van der Waals surface area contributed by atoms with Crippen LogP contribution in [0.5, 0.6) is 0 Å². The summed E-state index contributed by atoms with van der Waals surface area (Å²) in [7, 11) is 0. The van der Waals surface area contributed by atoms with Crippen LogP contribution in [-0.2, 0) is 11.2 Å². The van der Waals surface area contributed by atoms with Gasteiger partial charge in [-0.3, -0.25) is 4.79 Å². The van der Waals surface area contributed by atoms with Gasteiger partial charge in [0, 0.05) is 32.1 Å². The minimum absolute atomic E-state index is 0.0471. The van der Waals surface area contributed by atoms with Gasteiger partial charge in [-0.1, -0.05) is 72.8 Å². The van der Waals surface area contributed by atoms with E-state index in [9.17, 15) is 14.0 Å². The molecule has 2 atom stereocenters. The van der Waals surface area contributed by atoms with E-state index in [1.807, 2.05) is 29.2 Å². The van der Waals surface area contributed by atoms with Crippen molar-refractivity contribution < 1.29 is 14.0 Å². The SMILES string of the molecule is O=C(Nc1ccccc1F)N1CC(C(=O)N2CCC(Cc3ccccc3)CC2)CC(c2ccccc2)C1. The average molecular weight is 500 g/mol. The van der Waals surface area contributed by atoms with E-state index < -0.39 is 5.82 Å². The number of para-hydroxylation sites is 1. The molecule has 2 aliphatic rings. The zero-order chi connectivity index (χ0) is 25.6. The monoisotopic (exact) mass is 499 g/mol. The highest BCUT2D eigenvalue weighted by Gasteiger charge is 2.37. The summed E-state index contributed by atoms with van der Waals surface area (Å²) in [5.41, 5.74) is 2.62. The standard InChI is InChI=1S/C31H34FN3O2/c32-28-13-7-8-14-29(28)33-31(37)35-21-26(25-11-5-2-6-12-25)20-27(22-35)30(36)34-17-15-24(16-18-34)19-23-9-3-1-4-10-23/h1-14,24,26-27H,15-22H2,(H,33,37). The third-order valence-electron chi connectivity index (χ3n) is 7.77. The molecule has 37 heavy (non-hydrogen) atoms. The van der Waals surface area contributed by atoms with Gasteiger partial charge in [0.25, 0.3) is 0 Å². The Hall–Kier alpha value is -3.67. The highest BCUT2D eigenvalue weighted by atomic mass is 19.1. The van der Waals surface area contributed by atoms with Gasteiger partial charge in [0.2, 0.25) is 5.91 Å². The topological polar surface area (TPSA) is 52.7 Å².